The van der Waals surface area contributed by atoms with Gasteiger partial charge in [-0.25, -0.2) is 9.78 Å². The highest BCUT2D eigenvalue weighted by atomic mass is 32.1. The Kier molecular flexibility index (Phi) is 5.95. The Morgan fingerprint density at radius 3 is 2.65 bits per heavy atom. The molecule has 7 nitrogen and oxygen atoms in total. The van der Waals surface area contributed by atoms with E-state index in [0.29, 0.717) is 11.7 Å². The van der Waals surface area contributed by atoms with E-state index in [1.54, 1.807) is 14.1 Å². The number of nitrogens with one attached hydrogen (secondary N) is 1. The largest absolute Gasteiger partial charge is 0.376 e. The lowest BCUT2D eigenvalue weighted by Crippen LogP contribution is -2.46. The van der Waals surface area contributed by atoms with Gasteiger partial charge in [0.05, 0.1) is 11.8 Å². The first-order valence-electron chi connectivity index (χ1n) is 7.68. The highest BCUT2D eigenvalue weighted by Gasteiger charge is 2.25. The molecule has 0 bridgehead atoms. The van der Waals surface area contributed by atoms with E-state index < -0.39 is 0 Å². The van der Waals surface area contributed by atoms with Crippen LogP contribution in [-0.4, -0.2) is 66.6 Å². The van der Waals surface area contributed by atoms with Crippen LogP contribution in [0.4, 0.5) is 9.93 Å². The number of nitrogens with zero attached hydrogens (tertiary/aromatic N) is 3. The normalized spacial score (nSPS) is 17.1. The Morgan fingerprint density at radius 1 is 1.39 bits per heavy atom. The first-order valence-corrected chi connectivity index (χ1v) is 8.50. The topological polar surface area (TPSA) is 74.8 Å². The Labute approximate surface area is 140 Å². The first-order chi connectivity index (χ1) is 10.9. The molecule has 8 heteroatoms. The zero-order chi connectivity index (χ0) is 17.0. The fraction of sp³-hybridized carbons (Fsp3) is 0.667. The van der Waals surface area contributed by atoms with Crippen molar-refractivity contribution in [2.45, 2.75) is 32.8 Å². The average Bonchev–Trinajstić information content (AvgIpc) is 3.08. The SMILES string of the molecule is Cc1nc(NC(=O)CN(CC2CCCO2)C(=O)N(C)C)sc1C. The van der Waals surface area contributed by atoms with Crippen LogP contribution in [0.2, 0.25) is 0 Å². The van der Waals surface area contributed by atoms with Crippen LogP contribution in [0, 0.1) is 13.8 Å². The van der Waals surface area contributed by atoms with Crippen LogP contribution in [0.25, 0.3) is 0 Å². The van der Waals surface area contributed by atoms with Gasteiger partial charge >= 0.3 is 6.03 Å². The van der Waals surface area contributed by atoms with E-state index in [1.165, 1.54) is 21.1 Å². The maximum atomic E-state index is 12.3. The van der Waals surface area contributed by atoms with E-state index in [4.69, 9.17) is 4.74 Å². The summed E-state index contributed by atoms with van der Waals surface area (Å²) in [5.74, 6) is -0.244. The number of carbonyl (C=O) groups is 2. The maximum absolute atomic E-state index is 12.3. The van der Waals surface area contributed by atoms with Crippen molar-refractivity contribution in [2.75, 3.05) is 39.1 Å². The molecular formula is C15H24N4O3S. The molecule has 1 aliphatic heterocycles. The van der Waals surface area contributed by atoms with Gasteiger partial charge in [0.15, 0.2) is 5.13 Å². The van der Waals surface area contributed by atoms with E-state index in [0.717, 1.165) is 30.0 Å². The molecular weight excluding hydrogens is 316 g/mol. The van der Waals surface area contributed by atoms with E-state index in [-0.39, 0.29) is 24.6 Å². The lowest BCUT2D eigenvalue weighted by atomic mass is 10.2. The van der Waals surface area contributed by atoms with Gasteiger partial charge in [-0.15, -0.1) is 11.3 Å². The number of thiazole rings is 1. The summed E-state index contributed by atoms with van der Waals surface area (Å²) in [6, 6.07) is -0.192. The van der Waals surface area contributed by atoms with Gasteiger partial charge in [0.1, 0.15) is 6.54 Å². The van der Waals surface area contributed by atoms with Crippen molar-refractivity contribution in [3.8, 4) is 0 Å². The summed E-state index contributed by atoms with van der Waals surface area (Å²) in [5, 5.41) is 3.34. The number of hydrogen-bond acceptors (Lipinski definition) is 5. The summed E-state index contributed by atoms with van der Waals surface area (Å²) in [6.07, 6.45) is 1.93. The quantitative estimate of drug-likeness (QED) is 0.888. The Bertz CT molecular complexity index is 548. The molecule has 23 heavy (non-hydrogen) atoms. The fourth-order valence-electron chi connectivity index (χ4n) is 2.39. The van der Waals surface area contributed by atoms with Crippen LogP contribution >= 0.6 is 11.3 Å². The van der Waals surface area contributed by atoms with Crippen LogP contribution in [0.3, 0.4) is 0 Å². The van der Waals surface area contributed by atoms with Gasteiger partial charge in [0, 0.05) is 32.1 Å². The van der Waals surface area contributed by atoms with Crippen molar-refractivity contribution >= 4 is 28.4 Å². The van der Waals surface area contributed by atoms with Crippen LogP contribution in [-0.2, 0) is 9.53 Å². The van der Waals surface area contributed by atoms with Crippen molar-refractivity contribution in [3.63, 3.8) is 0 Å². The summed E-state index contributed by atoms with van der Waals surface area (Å²) in [7, 11) is 3.35. The number of ether oxygens (including phenoxy) is 1. The molecule has 1 fully saturated rings. The molecule has 2 rings (SSSR count). The van der Waals surface area contributed by atoms with Gasteiger partial charge in [-0.3, -0.25) is 4.79 Å². The number of amides is 3. The highest BCUT2D eigenvalue weighted by Crippen LogP contribution is 2.21. The minimum Gasteiger partial charge on any atom is -0.376 e. The van der Waals surface area contributed by atoms with E-state index in [1.807, 2.05) is 13.8 Å². The number of aryl methyl sites for hydroxylation is 2. The van der Waals surface area contributed by atoms with E-state index in [2.05, 4.69) is 10.3 Å². The van der Waals surface area contributed by atoms with Gasteiger partial charge in [0.25, 0.3) is 0 Å². The molecule has 1 atom stereocenters. The minimum absolute atomic E-state index is 0.00541. The molecule has 1 aromatic rings. The molecule has 3 amide bonds. The third-order valence-corrected chi connectivity index (χ3v) is 4.70. The van der Waals surface area contributed by atoms with Crippen LogP contribution in [0.5, 0.6) is 0 Å². The molecule has 1 saturated heterocycles. The number of urea groups is 1. The van der Waals surface area contributed by atoms with E-state index in [9.17, 15) is 9.59 Å². The van der Waals surface area contributed by atoms with Crippen molar-refractivity contribution in [2.24, 2.45) is 0 Å². The van der Waals surface area contributed by atoms with Crippen LogP contribution in [0.1, 0.15) is 23.4 Å². The van der Waals surface area contributed by atoms with Crippen molar-refractivity contribution in [1.82, 2.24) is 14.8 Å². The fourth-order valence-corrected chi connectivity index (χ4v) is 3.22. The van der Waals surface area contributed by atoms with Gasteiger partial charge in [-0.05, 0) is 26.7 Å². The number of anilines is 1. The number of aromatic nitrogens is 1. The second-order valence-electron chi connectivity index (χ2n) is 5.90. The summed E-state index contributed by atoms with van der Waals surface area (Å²) in [4.78, 5) is 32.9. The monoisotopic (exact) mass is 340 g/mol. The summed E-state index contributed by atoms with van der Waals surface area (Å²) in [5.41, 5.74) is 0.908. The van der Waals surface area contributed by atoms with Crippen molar-refractivity contribution in [1.29, 1.82) is 0 Å². The zero-order valence-corrected chi connectivity index (χ0v) is 14.9. The number of rotatable bonds is 5. The zero-order valence-electron chi connectivity index (χ0n) is 14.1. The lowest BCUT2D eigenvalue weighted by Gasteiger charge is -2.27. The summed E-state index contributed by atoms with van der Waals surface area (Å²) >= 11 is 1.44. The molecule has 1 aromatic heterocycles. The summed E-state index contributed by atoms with van der Waals surface area (Å²) < 4.78 is 5.58. The van der Waals surface area contributed by atoms with Crippen molar-refractivity contribution in [3.05, 3.63) is 10.6 Å². The van der Waals surface area contributed by atoms with Crippen molar-refractivity contribution < 1.29 is 14.3 Å². The molecule has 1 unspecified atom stereocenters. The second-order valence-corrected chi connectivity index (χ2v) is 7.10. The Balaban J connectivity index is 1.97. The third kappa shape index (κ3) is 4.90. The smallest absolute Gasteiger partial charge is 0.320 e. The molecule has 0 aliphatic carbocycles. The van der Waals surface area contributed by atoms with Gasteiger partial charge in [-0.1, -0.05) is 0 Å². The molecule has 0 aromatic carbocycles. The predicted molar refractivity (Wildman–Crippen MR) is 89.8 cm³/mol. The Morgan fingerprint density at radius 2 is 2.13 bits per heavy atom. The van der Waals surface area contributed by atoms with E-state index >= 15 is 0 Å². The molecule has 1 aliphatic rings. The molecule has 0 saturated carbocycles. The number of carbonyl (C=O) groups excluding carboxylic acids is 2. The minimum atomic E-state index is -0.244. The molecule has 0 spiro atoms. The van der Waals surface area contributed by atoms with Gasteiger partial charge in [0.2, 0.25) is 5.91 Å². The molecule has 1 N–H and O–H groups in total. The van der Waals surface area contributed by atoms with Crippen LogP contribution in [0.15, 0.2) is 0 Å². The maximum Gasteiger partial charge on any atom is 0.320 e. The summed E-state index contributed by atoms with van der Waals surface area (Å²) in [6.45, 7) is 5.01. The number of hydrogen-bond donors (Lipinski definition) is 1. The van der Waals surface area contributed by atoms with Gasteiger partial charge in [-0.2, -0.15) is 0 Å². The lowest BCUT2D eigenvalue weighted by molar-refractivity contribution is -0.117. The first kappa shape index (κ1) is 17.7. The molecule has 2 heterocycles. The average molecular weight is 340 g/mol. The molecule has 128 valence electrons. The third-order valence-electron chi connectivity index (χ3n) is 3.71. The highest BCUT2D eigenvalue weighted by molar-refractivity contribution is 7.15. The standard InChI is InChI=1S/C15H24N4O3S/c1-10-11(2)23-14(16-10)17-13(20)9-19(15(21)18(3)4)8-12-6-5-7-22-12/h12H,5-9H2,1-4H3,(H,16,17,20). The van der Waals surface area contributed by atoms with Crippen LogP contribution < -0.4 is 5.32 Å². The van der Waals surface area contributed by atoms with Gasteiger partial charge < -0.3 is 19.9 Å². The second kappa shape index (κ2) is 7.74. The predicted octanol–water partition coefficient (Wildman–Crippen LogP) is 1.86. The molecule has 0 radical (unpaired) electrons. The Hall–Kier alpha value is -1.67.